The van der Waals surface area contributed by atoms with E-state index in [-0.39, 0.29) is 6.04 Å². The molecular formula is C25H25N7O. The second-order valence-corrected chi connectivity index (χ2v) is 9.02. The summed E-state index contributed by atoms with van der Waals surface area (Å²) in [6.07, 6.45) is 3.68. The summed E-state index contributed by atoms with van der Waals surface area (Å²) in [5.41, 5.74) is 2.82. The summed E-state index contributed by atoms with van der Waals surface area (Å²) in [6.45, 7) is 7.74. The van der Waals surface area contributed by atoms with Crippen LogP contribution in [0.1, 0.15) is 31.5 Å². The Morgan fingerprint density at radius 2 is 1.82 bits per heavy atom. The first-order valence-corrected chi connectivity index (χ1v) is 11.4. The maximum Gasteiger partial charge on any atom is 0.209 e. The normalized spacial score (nSPS) is 19.8. The summed E-state index contributed by atoms with van der Waals surface area (Å²) in [7, 11) is 0. The molecule has 0 bridgehead atoms. The zero-order valence-corrected chi connectivity index (χ0v) is 18.7. The predicted molar refractivity (Wildman–Crippen MR) is 126 cm³/mol. The molecule has 2 saturated heterocycles. The van der Waals surface area contributed by atoms with Gasteiger partial charge in [-0.05, 0) is 31.3 Å². The van der Waals surface area contributed by atoms with Gasteiger partial charge in [-0.25, -0.2) is 19.6 Å². The van der Waals surface area contributed by atoms with Crippen molar-refractivity contribution in [2.75, 3.05) is 31.2 Å². The molecule has 0 saturated carbocycles. The van der Waals surface area contributed by atoms with Gasteiger partial charge in [-0.2, -0.15) is 5.10 Å². The Balaban J connectivity index is 1.37. The molecule has 2 aliphatic rings. The zero-order chi connectivity index (χ0) is 22.4. The highest BCUT2D eigenvalue weighted by atomic mass is 16.5. The number of H-pyrrole nitrogens is 1. The lowest BCUT2D eigenvalue weighted by atomic mass is 10.0. The SMILES string of the molecule is CC(C)n1ncc2c(N3C[C@H]4COC[C@H]4C3)nc(C#Cc3ncc(-c4ccccc4)[nH]3)nc21. The summed E-state index contributed by atoms with van der Waals surface area (Å²) < 4.78 is 7.59. The smallest absolute Gasteiger partial charge is 0.209 e. The van der Waals surface area contributed by atoms with Crippen LogP contribution in [-0.2, 0) is 4.74 Å². The van der Waals surface area contributed by atoms with Crippen molar-refractivity contribution in [2.24, 2.45) is 11.8 Å². The lowest BCUT2D eigenvalue weighted by Crippen LogP contribution is -2.24. The fourth-order valence-electron chi connectivity index (χ4n) is 4.71. The minimum Gasteiger partial charge on any atom is -0.381 e. The van der Waals surface area contributed by atoms with Gasteiger partial charge in [-0.15, -0.1) is 0 Å². The van der Waals surface area contributed by atoms with Crippen LogP contribution in [0.2, 0.25) is 0 Å². The molecule has 1 N–H and O–H groups in total. The molecule has 0 spiro atoms. The van der Waals surface area contributed by atoms with Gasteiger partial charge in [0, 0.05) is 31.0 Å². The van der Waals surface area contributed by atoms with Crippen molar-refractivity contribution < 1.29 is 4.74 Å². The van der Waals surface area contributed by atoms with Gasteiger partial charge in [0.25, 0.3) is 0 Å². The molecule has 2 atom stereocenters. The first kappa shape index (κ1) is 19.9. The molecular weight excluding hydrogens is 414 g/mol. The standard InChI is InChI=1S/C25H25N7O/c1-16(2)32-25-20(10-27-32)24(31-12-18-14-33-15-19(18)13-31)29-23(30-25)9-8-22-26-11-21(28-22)17-6-4-3-5-7-17/h3-7,10-11,16,18-19H,12-15H2,1-2H3,(H,26,28)/t18-,19+. The lowest BCUT2D eigenvalue weighted by molar-refractivity contribution is 0.177. The number of aromatic nitrogens is 6. The van der Waals surface area contributed by atoms with Gasteiger partial charge in [0.1, 0.15) is 5.82 Å². The summed E-state index contributed by atoms with van der Waals surface area (Å²) in [6, 6.07) is 10.3. The van der Waals surface area contributed by atoms with E-state index in [0.717, 1.165) is 54.4 Å². The maximum atomic E-state index is 5.66. The van der Waals surface area contributed by atoms with Gasteiger partial charge < -0.3 is 14.6 Å². The van der Waals surface area contributed by atoms with E-state index in [1.165, 1.54) is 0 Å². The van der Waals surface area contributed by atoms with Crippen LogP contribution < -0.4 is 4.90 Å². The van der Waals surface area contributed by atoms with Crippen LogP contribution in [0.3, 0.4) is 0 Å². The van der Waals surface area contributed by atoms with Gasteiger partial charge >= 0.3 is 0 Å². The topological polar surface area (TPSA) is 84.8 Å². The monoisotopic (exact) mass is 439 g/mol. The van der Waals surface area contributed by atoms with E-state index < -0.39 is 0 Å². The van der Waals surface area contributed by atoms with Crippen LogP contribution in [0, 0.1) is 23.7 Å². The number of hydrogen-bond donors (Lipinski definition) is 1. The molecule has 1 aromatic carbocycles. The average Bonchev–Trinajstić information content (AvgIpc) is 3.61. The minimum atomic E-state index is 0.191. The third-order valence-electron chi connectivity index (χ3n) is 6.42. The summed E-state index contributed by atoms with van der Waals surface area (Å²) in [5, 5.41) is 5.56. The first-order chi connectivity index (χ1) is 16.2. The third kappa shape index (κ3) is 3.64. The van der Waals surface area contributed by atoms with E-state index in [9.17, 15) is 0 Å². The van der Waals surface area contributed by atoms with E-state index in [0.29, 0.717) is 23.5 Å². The molecule has 6 rings (SSSR count). The van der Waals surface area contributed by atoms with Gasteiger partial charge in [-0.1, -0.05) is 30.3 Å². The molecule has 5 heterocycles. The highest BCUT2D eigenvalue weighted by Crippen LogP contribution is 2.35. The Bertz CT molecular complexity index is 1350. The van der Waals surface area contributed by atoms with Crippen LogP contribution in [-0.4, -0.2) is 56.0 Å². The number of rotatable bonds is 3. The van der Waals surface area contributed by atoms with Crippen molar-refractivity contribution >= 4 is 16.9 Å². The highest BCUT2D eigenvalue weighted by Gasteiger charge is 2.38. The fraction of sp³-hybridized carbons (Fsp3) is 0.360. The molecule has 4 aromatic rings. The molecule has 0 aliphatic carbocycles. The van der Waals surface area contributed by atoms with Gasteiger partial charge in [0.2, 0.25) is 5.82 Å². The summed E-state index contributed by atoms with van der Waals surface area (Å²) in [4.78, 5) is 19.7. The number of benzene rings is 1. The maximum absolute atomic E-state index is 5.66. The fourth-order valence-corrected chi connectivity index (χ4v) is 4.71. The molecule has 166 valence electrons. The second kappa shape index (κ2) is 8.01. The molecule has 0 amide bonds. The Labute approximate surface area is 192 Å². The van der Waals surface area contributed by atoms with Crippen LogP contribution in [0.5, 0.6) is 0 Å². The van der Waals surface area contributed by atoms with E-state index in [2.05, 4.69) is 45.7 Å². The number of nitrogens with zero attached hydrogens (tertiary/aromatic N) is 6. The van der Waals surface area contributed by atoms with Crippen LogP contribution in [0.15, 0.2) is 42.7 Å². The van der Waals surface area contributed by atoms with Crippen molar-refractivity contribution in [3.05, 3.63) is 54.4 Å². The lowest BCUT2D eigenvalue weighted by Gasteiger charge is -2.19. The first-order valence-electron chi connectivity index (χ1n) is 11.4. The number of nitrogens with one attached hydrogen (secondary N) is 1. The van der Waals surface area contributed by atoms with Crippen LogP contribution >= 0.6 is 0 Å². The zero-order valence-electron chi connectivity index (χ0n) is 18.7. The molecule has 2 aliphatic heterocycles. The second-order valence-electron chi connectivity index (χ2n) is 9.02. The molecule has 0 unspecified atom stereocenters. The Kier molecular flexibility index (Phi) is 4.84. The van der Waals surface area contributed by atoms with Crippen molar-refractivity contribution in [1.82, 2.24) is 29.7 Å². The Morgan fingerprint density at radius 3 is 2.58 bits per heavy atom. The van der Waals surface area contributed by atoms with Gasteiger partial charge in [-0.3, -0.25) is 0 Å². The quantitative estimate of drug-likeness (QED) is 0.493. The Hall–Kier alpha value is -3.70. The molecule has 33 heavy (non-hydrogen) atoms. The number of fused-ring (bicyclic) bond motifs is 2. The van der Waals surface area contributed by atoms with Crippen LogP contribution in [0.4, 0.5) is 5.82 Å². The molecule has 3 aromatic heterocycles. The largest absolute Gasteiger partial charge is 0.381 e. The summed E-state index contributed by atoms with van der Waals surface area (Å²) >= 11 is 0. The number of aromatic amines is 1. The Morgan fingerprint density at radius 1 is 1.03 bits per heavy atom. The molecule has 8 heteroatoms. The van der Waals surface area contributed by atoms with Crippen molar-refractivity contribution in [1.29, 1.82) is 0 Å². The van der Waals surface area contributed by atoms with E-state index >= 15 is 0 Å². The molecule has 8 nitrogen and oxygen atoms in total. The molecule has 2 fully saturated rings. The number of ether oxygens (including phenoxy) is 1. The van der Waals surface area contributed by atoms with Crippen LogP contribution in [0.25, 0.3) is 22.3 Å². The van der Waals surface area contributed by atoms with Crippen molar-refractivity contribution in [3.8, 4) is 23.1 Å². The average molecular weight is 440 g/mol. The number of imidazole rings is 1. The van der Waals surface area contributed by atoms with E-state index in [4.69, 9.17) is 14.7 Å². The minimum absolute atomic E-state index is 0.191. The predicted octanol–water partition coefficient (Wildman–Crippen LogP) is 3.28. The van der Waals surface area contributed by atoms with Crippen molar-refractivity contribution in [2.45, 2.75) is 19.9 Å². The van der Waals surface area contributed by atoms with Crippen molar-refractivity contribution in [3.63, 3.8) is 0 Å². The number of anilines is 1. The molecule has 0 radical (unpaired) electrons. The van der Waals surface area contributed by atoms with Gasteiger partial charge in [0.05, 0.1) is 36.7 Å². The number of hydrogen-bond acceptors (Lipinski definition) is 6. The van der Waals surface area contributed by atoms with E-state index in [1.54, 1.807) is 6.20 Å². The third-order valence-corrected chi connectivity index (χ3v) is 6.42. The van der Waals surface area contributed by atoms with Gasteiger partial charge in [0.15, 0.2) is 11.5 Å². The summed E-state index contributed by atoms with van der Waals surface area (Å²) in [5.74, 6) is 9.33. The van der Waals surface area contributed by atoms with E-state index in [1.807, 2.05) is 41.2 Å². The highest BCUT2D eigenvalue weighted by molar-refractivity contribution is 5.87.